The van der Waals surface area contributed by atoms with Gasteiger partial charge in [0.25, 0.3) is 0 Å². The minimum absolute atomic E-state index is 0.339. The molecule has 0 spiro atoms. The van der Waals surface area contributed by atoms with Crippen LogP contribution in [0.25, 0.3) is 10.8 Å². The van der Waals surface area contributed by atoms with Gasteiger partial charge in [0, 0.05) is 0 Å². The van der Waals surface area contributed by atoms with Crippen LogP contribution < -0.4 is 4.74 Å². The monoisotopic (exact) mass is 482 g/mol. The van der Waals surface area contributed by atoms with Crippen LogP contribution in [0.4, 0.5) is 0 Å². The summed E-state index contributed by atoms with van der Waals surface area (Å²) >= 11 is 0. The van der Waals surface area contributed by atoms with Gasteiger partial charge >= 0.3 is 5.97 Å². The van der Waals surface area contributed by atoms with Gasteiger partial charge in [0.05, 0.1) is 13.7 Å². The lowest BCUT2D eigenvalue weighted by atomic mass is 10.0. The molecule has 0 aliphatic rings. The molecule has 0 aromatic heterocycles. The van der Waals surface area contributed by atoms with E-state index in [1.807, 2.05) is 36.4 Å². The van der Waals surface area contributed by atoms with Crippen molar-refractivity contribution in [2.75, 3.05) is 13.7 Å². The number of ether oxygens (including phenoxy) is 2. The molecule has 2 aromatic carbocycles. The fourth-order valence-corrected chi connectivity index (χ4v) is 4.82. The summed E-state index contributed by atoms with van der Waals surface area (Å²) in [5.74, 6) is 1.16. The Morgan fingerprint density at radius 1 is 0.686 bits per heavy atom. The third kappa shape index (κ3) is 12.0. The minimum atomic E-state index is -0.339. The zero-order chi connectivity index (χ0) is 25.1. The molecule has 0 N–H and O–H groups in total. The number of fused-ring (bicyclic) bond motifs is 1. The lowest BCUT2D eigenvalue weighted by Gasteiger charge is -2.13. The van der Waals surface area contributed by atoms with E-state index in [-0.39, 0.29) is 5.97 Å². The van der Waals surface area contributed by atoms with Crippen molar-refractivity contribution in [2.45, 2.75) is 117 Å². The van der Waals surface area contributed by atoms with Gasteiger partial charge in [0.1, 0.15) is 11.3 Å². The molecule has 196 valence electrons. The summed E-state index contributed by atoms with van der Waals surface area (Å²) in [6, 6.07) is 11.8. The fraction of sp³-hybridized carbons (Fsp3) is 0.656. The van der Waals surface area contributed by atoms with Crippen molar-refractivity contribution in [2.24, 2.45) is 5.92 Å². The van der Waals surface area contributed by atoms with E-state index in [0.717, 1.165) is 23.1 Å². The maximum Gasteiger partial charge on any atom is 0.342 e. The van der Waals surface area contributed by atoms with Crippen LogP contribution in [0.3, 0.4) is 0 Å². The van der Waals surface area contributed by atoms with Crippen LogP contribution in [-0.4, -0.2) is 19.7 Å². The lowest BCUT2D eigenvalue weighted by molar-refractivity contribution is 0.0598. The first-order valence-electron chi connectivity index (χ1n) is 14.4. The van der Waals surface area contributed by atoms with E-state index in [9.17, 15) is 4.79 Å². The van der Waals surface area contributed by atoms with Gasteiger partial charge < -0.3 is 9.47 Å². The van der Waals surface area contributed by atoms with Gasteiger partial charge in [-0.05, 0) is 29.2 Å². The zero-order valence-corrected chi connectivity index (χ0v) is 22.8. The normalized spacial score (nSPS) is 11.3. The van der Waals surface area contributed by atoms with Crippen molar-refractivity contribution in [1.29, 1.82) is 0 Å². The van der Waals surface area contributed by atoms with Gasteiger partial charge in [0.15, 0.2) is 0 Å². The van der Waals surface area contributed by atoms with Crippen LogP contribution in [0.1, 0.15) is 127 Å². The predicted octanol–water partition coefficient (Wildman–Crippen LogP) is 9.90. The van der Waals surface area contributed by atoms with E-state index in [0.29, 0.717) is 17.9 Å². The van der Waals surface area contributed by atoms with Crippen molar-refractivity contribution in [1.82, 2.24) is 0 Å². The minimum Gasteiger partial charge on any atom is -0.493 e. The van der Waals surface area contributed by atoms with Crippen LogP contribution in [0.2, 0.25) is 0 Å². The maximum atomic E-state index is 12.3. The first-order chi connectivity index (χ1) is 17.1. The Morgan fingerprint density at radius 3 is 1.74 bits per heavy atom. The molecule has 0 amide bonds. The Hall–Kier alpha value is -2.03. The number of unbranched alkanes of at least 4 members (excludes halogenated alkanes) is 14. The molecule has 3 nitrogen and oxygen atoms in total. The Morgan fingerprint density at radius 2 is 1.20 bits per heavy atom. The molecule has 0 fully saturated rings. The average molecular weight is 483 g/mol. The third-order valence-corrected chi connectivity index (χ3v) is 6.96. The molecule has 0 heterocycles. The summed E-state index contributed by atoms with van der Waals surface area (Å²) in [6.07, 6.45) is 21.7. The summed E-state index contributed by atoms with van der Waals surface area (Å²) < 4.78 is 11.0. The smallest absolute Gasteiger partial charge is 0.342 e. The fourth-order valence-electron chi connectivity index (χ4n) is 4.82. The summed E-state index contributed by atoms with van der Waals surface area (Å²) in [5, 5.41) is 1.90. The molecule has 0 radical (unpaired) electrons. The van der Waals surface area contributed by atoms with Gasteiger partial charge in [-0.1, -0.05) is 140 Å². The quantitative estimate of drug-likeness (QED) is 0.139. The number of carbonyl (C=O) groups excluding carboxylic acids is 1. The Bertz CT molecular complexity index is 827. The standard InChI is InChI=1S/C32H50O3/c1-27(2)21-17-15-13-11-9-7-5-4-6-8-10-12-14-16-20-26-35-30-25-24-28-22-18-19-23-29(28)31(30)32(33)34-3/h18-19,22-25,27H,4-17,20-21,26H2,1-3H3. The molecule has 0 saturated carbocycles. The van der Waals surface area contributed by atoms with E-state index >= 15 is 0 Å². The second-order valence-electron chi connectivity index (χ2n) is 10.5. The number of esters is 1. The molecule has 3 heteroatoms. The highest BCUT2D eigenvalue weighted by Crippen LogP contribution is 2.29. The predicted molar refractivity (Wildman–Crippen MR) is 149 cm³/mol. The average Bonchev–Trinajstić information content (AvgIpc) is 2.87. The van der Waals surface area contributed by atoms with Crippen LogP contribution >= 0.6 is 0 Å². The zero-order valence-electron chi connectivity index (χ0n) is 22.8. The van der Waals surface area contributed by atoms with Gasteiger partial charge in [0.2, 0.25) is 0 Å². The molecule has 0 bridgehead atoms. The number of rotatable bonds is 20. The highest BCUT2D eigenvalue weighted by atomic mass is 16.5. The third-order valence-electron chi connectivity index (χ3n) is 6.96. The van der Waals surface area contributed by atoms with Gasteiger partial charge in [-0.2, -0.15) is 0 Å². The number of carbonyl (C=O) groups is 1. The molecule has 0 unspecified atom stereocenters. The van der Waals surface area contributed by atoms with Gasteiger partial charge in [-0.25, -0.2) is 4.79 Å². The summed E-state index contributed by atoms with van der Waals surface area (Å²) in [7, 11) is 1.42. The summed E-state index contributed by atoms with van der Waals surface area (Å²) in [4.78, 5) is 12.3. The van der Waals surface area contributed by atoms with Gasteiger partial charge in [-0.15, -0.1) is 0 Å². The Kier molecular flexibility index (Phi) is 15.2. The van der Waals surface area contributed by atoms with Gasteiger partial charge in [-0.3, -0.25) is 0 Å². The maximum absolute atomic E-state index is 12.3. The topological polar surface area (TPSA) is 35.5 Å². The van der Waals surface area contributed by atoms with E-state index in [1.54, 1.807) is 0 Å². The molecule has 0 saturated heterocycles. The van der Waals surface area contributed by atoms with Crippen molar-refractivity contribution < 1.29 is 14.3 Å². The largest absolute Gasteiger partial charge is 0.493 e. The van der Waals surface area contributed by atoms with E-state index in [2.05, 4.69) is 13.8 Å². The second kappa shape index (κ2) is 18.3. The van der Waals surface area contributed by atoms with E-state index in [4.69, 9.17) is 9.47 Å². The SMILES string of the molecule is COC(=O)c1c(OCCCCCCCCCCCCCCCCCC(C)C)ccc2ccccc12. The second-order valence-corrected chi connectivity index (χ2v) is 10.5. The summed E-state index contributed by atoms with van der Waals surface area (Å²) in [5.41, 5.74) is 0.534. The van der Waals surface area contributed by atoms with Crippen LogP contribution in [0.15, 0.2) is 36.4 Å². The number of hydrogen-bond donors (Lipinski definition) is 0. The Balaban J connectivity index is 1.45. The van der Waals surface area contributed by atoms with Crippen molar-refractivity contribution in [3.05, 3.63) is 42.0 Å². The molecular formula is C32H50O3. The first-order valence-corrected chi connectivity index (χ1v) is 14.4. The molecule has 0 atom stereocenters. The van der Waals surface area contributed by atoms with Crippen LogP contribution in [0.5, 0.6) is 5.75 Å². The van der Waals surface area contributed by atoms with Crippen molar-refractivity contribution >= 4 is 16.7 Å². The lowest BCUT2D eigenvalue weighted by Crippen LogP contribution is -2.07. The van der Waals surface area contributed by atoms with E-state index < -0.39 is 0 Å². The molecular weight excluding hydrogens is 432 g/mol. The van der Waals surface area contributed by atoms with Crippen LogP contribution in [0, 0.1) is 5.92 Å². The molecule has 2 rings (SSSR count). The highest BCUT2D eigenvalue weighted by Gasteiger charge is 2.17. The summed E-state index contributed by atoms with van der Waals surface area (Å²) in [6.45, 7) is 5.29. The first kappa shape index (κ1) is 29.2. The van der Waals surface area contributed by atoms with E-state index in [1.165, 1.54) is 103 Å². The number of hydrogen-bond acceptors (Lipinski definition) is 3. The molecule has 2 aromatic rings. The van der Waals surface area contributed by atoms with Crippen LogP contribution in [-0.2, 0) is 4.74 Å². The van der Waals surface area contributed by atoms with Crippen molar-refractivity contribution in [3.8, 4) is 5.75 Å². The number of benzene rings is 2. The highest BCUT2D eigenvalue weighted by molar-refractivity contribution is 6.07. The number of methoxy groups -OCH3 is 1. The van der Waals surface area contributed by atoms with Crippen molar-refractivity contribution in [3.63, 3.8) is 0 Å². The molecule has 0 aliphatic heterocycles. The molecule has 0 aliphatic carbocycles. The molecule has 35 heavy (non-hydrogen) atoms. The Labute approximate surface area is 215 Å².